The van der Waals surface area contributed by atoms with Gasteiger partial charge in [-0.2, -0.15) is 15.5 Å². The molecule has 4 N–H and O–H groups in total. The van der Waals surface area contributed by atoms with E-state index in [9.17, 15) is 9.59 Å². The number of nitrogens with one attached hydrogen (secondary N) is 3. The van der Waals surface area contributed by atoms with E-state index in [4.69, 9.17) is 38.3 Å². The number of H-pyrrole nitrogens is 1. The second kappa shape index (κ2) is 9.46. The van der Waals surface area contributed by atoms with Crippen LogP contribution in [0.4, 0.5) is 10.5 Å². The summed E-state index contributed by atoms with van der Waals surface area (Å²) in [4.78, 5) is 22.1. The van der Waals surface area contributed by atoms with Crippen LogP contribution in [0, 0.1) is 11.3 Å². The minimum atomic E-state index is -1.62. The molecule has 0 saturated carbocycles. The summed E-state index contributed by atoms with van der Waals surface area (Å²) >= 11 is 12.5. The van der Waals surface area contributed by atoms with Crippen LogP contribution in [-0.2, 0) is 4.79 Å². The molecule has 2 amide bonds. The van der Waals surface area contributed by atoms with Gasteiger partial charge in [0.2, 0.25) is 11.6 Å². The second-order valence-corrected chi connectivity index (χ2v) is 7.34. The lowest BCUT2D eigenvalue weighted by atomic mass is 10.1. The molecule has 0 spiro atoms. The summed E-state index contributed by atoms with van der Waals surface area (Å²) in [6.07, 6.45) is -1.62. The highest BCUT2D eigenvalue weighted by Gasteiger charge is 2.17. The number of imide groups is 1. The first kappa shape index (κ1) is 22.7. The first-order chi connectivity index (χ1) is 15.2. The Labute approximate surface area is 190 Å². The number of hydrogen-bond donors (Lipinski definition) is 4. The summed E-state index contributed by atoms with van der Waals surface area (Å²) in [5, 5.41) is 38.5. The number of carboxylic acid groups (broad SMARTS) is 1. The van der Waals surface area contributed by atoms with Gasteiger partial charge in [0.25, 0.3) is 5.91 Å². The molecule has 3 aromatic rings. The van der Waals surface area contributed by atoms with Crippen molar-refractivity contribution in [2.24, 2.45) is 5.10 Å². The van der Waals surface area contributed by atoms with Gasteiger partial charge in [0.15, 0.2) is 11.4 Å². The van der Waals surface area contributed by atoms with Crippen LogP contribution in [0.15, 0.2) is 23.3 Å². The molecule has 14 heteroatoms. The first-order valence-corrected chi connectivity index (χ1v) is 9.61. The highest BCUT2D eigenvalue weighted by molar-refractivity contribution is 6.46. The molecule has 2 aromatic heterocycles. The number of nitrogens with zero attached hydrogens (tertiary/aromatic N) is 5. The lowest BCUT2D eigenvalue weighted by Crippen LogP contribution is -2.34. The molecule has 0 aliphatic rings. The SMILES string of the molecule is CC(C)c1n[nH]c2nnc(Oc3c(Cl)cc(N/N=C(/C#N)C(=O)NC(=O)O)cc3Cl)cc12. The number of nitriles is 1. The molecule has 0 atom stereocenters. The van der Waals surface area contributed by atoms with E-state index in [1.807, 2.05) is 13.8 Å². The topological polar surface area (TPSA) is 178 Å². The van der Waals surface area contributed by atoms with Gasteiger partial charge in [-0.25, -0.2) is 4.79 Å². The zero-order valence-corrected chi connectivity index (χ0v) is 18.0. The number of anilines is 1. The van der Waals surface area contributed by atoms with Crippen LogP contribution in [0.25, 0.3) is 11.0 Å². The molecule has 32 heavy (non-hydrogen) atoms. The molecule has 3 rings (SSSR count). The maximum atomic E-state index is 11.6. The molecular formula is C18H14Cl2N8O4. The Kier molecular flexibility index (Phi) is 6.72. The number of fused-ring (bicyclic) bond motifs is 1. The Morgan fingerprint density at radius 1 is 1.25 bits per heavy atom. The van der Waals surface area contributed by atoms with Crippen molar-refractivity contribution in [2.75, 3.05) is 5.43 Å². The van der Waals surface area contributed by atoms with Crippen LogP contribution in [0.1, 0.15) is 25.5 Å². The fourth-order valence-electron chi connectivity index (χ4n) is 2.54. The van der Waals surface area contributed by atoms with Gasteiger partial charge < -0.3 is 9.84 Å². The van der Waals surface area contributed by atoms with Crippen LogP contribution >= 0.6 is 23.2 Å². The van der Waals surface area contributed by atoms with Crippen LogP contribution in [-0.4, -0.2) is 43.2 Å². The van der Waals surface area contributed by atoms with Crippen LogP contribution in [0.5, 0.6) is 11.6 Å². The summed E-state index contributed by atoms with van der Waals surface area (Å²) < 4.78 is 5.71. The number of carbonyl (C=O) groups excluding carboxylic acids is 1. The van der Waals surface area contributed by atoms with Crippen molar-refractivity contribution in [1.29, 1.82) is 5.26 Å². The maximum Gasteiger partial charge on any atom is 0.411 e. The maximum absolute atomic E-state index is 11.6. The molecule has 0 saturated heterocycles. The van der Waals surface area contributed by atoms with Crippen molar-refractivity contribution in [3.05, 3.63) is 33.9 Å². The van der Waals surface area contributed by atoms with Crippen molar-refractivity contribution >= 4 is 57.6 Å². The Bertz CT molecular complexity index is 1260. The normalized spacial score (nSPS) is 11.3. The smallest absolute Gasteiger partial charge is 0.411 e. The quantitative estimate of drug-likeness (QED) is 0.305. The average molecular weight is 477 g/mol. The third-order valence-corrected chi connectivity index (χ3v) is 4.48. The van der Waals surface area contributed by atoms with Gasteiger partial charge in [-0.1, -0.05) is 37.0 Å². The monoisotopic (exact) mass is 476 g/mol. The van der Waals surface area contributed by atoms with E-state index >= 15 is 0 Å². The number of carbonyl (C=O) groups is 2. The lowest BCUT2D eigenvalue weighted by Gasteiger charge is -2.11. The molecule has 2 heterocycles. The van der Waals surface area contributed by atoms with Gasteiger partial charge >= 0.3 is 6.09 Å². The van der Waals surface area contributed by atoms with Gasteiger partial charge in [0.05, 0.1) is 21.4 Å². The predicted molar refractivity (Wildman–Crippen MR) is 115 cm³/mol. The summed E-state index contributed by atoms with van der Waals surface area (Å²) in [5.41, 5.74) is 3.21. The molecule has 0 unspecified atom stereocenters. The molecule has 12 nitrogen and oxygen atoms in total. The first-order valence-electron chi connectivity index (χ1n) is 8.86. The Morgan fingerprint density at radius 3 is 2.53 bits per heavy atom. The van der Waals surface area contributed by atoms with E-state index in [1.165, 1.54) is 23.5 Å². The number of amides is 2. The molecule has 0 radical (unpaired) electrons. The summed E-state index contributed by atoms with van der Waals surface area (Å²) in [5.74, 6) is -0.816. The summed E-state index contributed by atoms with van der Waals surface area (Å²) in [6.45, 7) is 3.98. The van der Waals surface area contributed by atoms with Crippen molar-refractivity contribution in [2.45, 2.75) is 19.8 Å². The second-order valence-electron chi connectivity index (χ2n) is 6.52. The molecular weight excluding hydrogens is 463 g/mol. The van der Waals surface area contributed by atoms with E-state index in [0.29, 0.717) is 5.65 Å². The van der Waals surface area contributed by atoms with E-state index in [-0.39, 0.29) is 33.3 Å². The fraction of sp³-hybridized carbons (Fsp3) is 0.167. The predicted octanol–water partition coefficient (Wildman–Crippen LogP) is 3.66. The number of aromatic nitrogens is 4. The minimum absolute atomic E-state index is 0.0712. The van der Waals surface area contributed by atoms with Crippen molar-refractivity contribution < 1.29 is 19.4 Å². The Morgan fingerprint density at radius 2 is 1.94 bits per heavy atom. The van der Waals surface area contributed by atoms with E-state index in [2.05, 4.69) is 30.9 Å². The summed E-state index contributed by atoms with van der Waals surface area (Å²) in [7, 11) is 0. The van der Waals surface area contributed by atoms with E-state index in [0.717, 1.165) is 11.1 Å². The number of rotatable bonds is 6. The molecule has 0 fully saturated rings. The van der Waals surface area contributed by atoms with E-state index < -0.39 is 17.7 Å². The number of halogens is 2. The van der Waals surface area contributed by atoms with Crippen molar-refractivity contribution in [3.63, 3.8) is 0 Å². The van der Waals surface area contributed by atoms with Gasteiger partial charge in [0, 0.05) is 11.5 Å². The molecule has 0 aliphatic carbocycles. The third-order valence-electron chi connectivity index (χ3n) is 3.92. The van der Waals surface area contributed by atoms with Gasteiger partial charge in [0.1, 0.15) is 6.07 Å². The zero-order valence-electron chi connectivity index (χ0n) is 16.5. The Balaban J connectivity index is 1.83. The number of ether oxygens (including phenoxy) is 1. The number of hydrazone groups is 1. The van der Waals surface area contributed by atoms with Crippen molar-refractivity contribution in [3.8, 4) is 17.7 Å². The number of aromatic amines is 1. The molecule has 0 aliphatic heterocycles. The van der Waals surface area contributed by atoms with Gasteiger partial charge in [-0.05, 0) is 18.1 Å². The highest BCUT2D eigenvalue weighted by atomic mass is 35.5. The molecule has 164 valence electrons. The Hall–Kier alpha value is -3.95. The average Bonchev–Trinajstić information content (AvgIpc) is 3.14. The highest BCUT2D eigenvalue weighted by Crippen LogP contribution is 2.39. The van der Waals surface area contributed by atoms with Crippen molar-refractivity contribution in [1.82, 2.24) is 25.7 Å². The third kappa shape index (κ3) is 5.02. The number of benzene rings is 1. The zero-order chi connectivity index (χ0) is 23.4. The van der Waals surface area contributed by atoms with Crippen LogP contribution in [0.3, 0.4) is 0 Å². The molecule has 1 aromatic carbocycles. The van der Waals surface area contributed by atoms with Gasteiger partial charge in [-0.15, -0.1) is 10.2 Å². The van der Waals surface area contributed by atoms with E-state index in [1.54, 1.807) is 6.07 Å². The van der Waals surface area contributed by atoms with Gasteiger partial charge in [-0.3, -0.25) is 20.6 Å². The minimum Gasteiger partial charge on any atom is -0.465 e. The summed E-state index contributed by atoms with van der Waals surface area (Å²) in [6, 6.07) is 5.88. The van der Waals surface area contributed by atoms with Crippen LogP contribution in [0.2, 0.25) is 10.0 Å². The van der Waals surface area contributed by atoms with Crippen LogP contribution < -0.4 is 15.5 Å². The standard InChI is InChI=1S/C18H14Cl2N8O4/c1-7(2)14-9-5-13(25-27-16(9)28-26-14)32-15-10(19)3-8(4-11(15)20)23-24-12(6-21)17(29)22-18(30)31/h3-5,7,23H,1-2H3,(H,22,29)(H,30,31)(H,26,27,28)/b24-12-. The molecule has 0 bridgehead atoms. The number of hydrogen-bond acceptors (Lipinski definition) is 9. The lowest BCUT2D eigenvalue weighted by molar-refractivity contribution is -0.114. The largest absolute Gasteiger partial charge is 0.465 e. The fourth-order valence-corrected chi connectivity index (χ4v) is 3.11.